The van der Waals surface area contributed by atoms with E-state index in [4.69, 9.17) is 0 Å². The first-order chi connectivity index (χ1) is 8.28. The summed E-state index contributed by atoms with van der Waals surface area (Å²) in [6.45, 7) is 3.80. The number of amides is 1. The van der Waals surface area contributed by atoms with E-state index in [-0.39, 0.29) is 11.9 Å². The van der Waals surface area contributed by atoms with E-state index in [9.17, 15) is 13.2 Å². The second-order valence-corrected chi connectivity index (χ2v) is 6.18. The van der Waals surface area contributed by atoms with Crippen LogP contribution in [-0.4, -0.2) is 41.8 Å². The Kier molecular flexibility index (Phi) is 4.79. The number of sulfonamides is 1. The van der Waals surface area contributed by atoms with Crippen molar-refractivity contribution in [2.24, 2.45) is 5.92 Å². The third kappa shape index (κ3) is 5.23. The lowest BCUT2D eigenvalue weighted by atomic mass is 10.0. The molecule has 0 fully saturated rings. The van der Waals surface area contributed by atoms with Crippen LogP contribution in [0.4, 0.5) is 5.95 Å². The van der Waals surface area contributed by atoms with Crippen LogP contribution in [0.5, 0.6) is 0 Å². The average molecular weight is 275 g/mol. The summed E-state index contributed by atoms with van der Waals surface area (Å²) < 4.78 is 24.7. The molecule has 0 spiro atoms. The number of rotatable bonds is 6. The molecule has 102 valence electrons. The smallest absolute Gasteiger partial charge is 0.244 e. The Morgan fingerprint density at radius 3 is 2.61 bits per heavy atom. The van der Waals surface area contributed by atoms with Gasteiger partial charge in [-0.1, -0.05) is 13.8 Å². The number of hydrogen-bond donors (Lipinski definition) is 3. The minimum absolute atomic E-state index is 0.171. The number of aromatic nitrogens is 3. The van der Waals surface area contributed by atoms with Gasteiger partial charge in [0.25, 0.3) is 0 Å². The van der Waals surface area contributed by atoms with Crippen molar-refractivity contribution in [3.63, 3.8) is 0 Å². The standard InChI is InChI=1S/C9H17N5O3S/c1-6(2)4-7(14-18(3,16)17)8(15)12-9-10-5-11-13-9/h5-7,14H,4H2,1-3H3,(H2,10,11,12,13,15). The number of anilines is 1. The van der Waals surface area contributed by atoms with Gasteiger partial charge in [-0.2, -0.15) is 10.1 Å². The maximum absolute atomic E-state index is 11.9. The Bertz CT molecular complexity index is 482. The molecule has 0 aliphatic rings. The minimum atomic E-state index is -3.45. The minimum Gasteiger partial charge on any atom is -0.294 e. The molecule has 1 aromatic rings. The molecule has 0 saturated carbocycles. The Morgan fingerprint density at radius 2 is 2.17 bits per heavy atom. The SMILES string of the molecule is CC(C)CC(NS(C)(=O)=O)C(=O)Nc1ncn[nH]1. The fraction of sp³-hybridized carbons (Fsp3) is 0.667. The van der Waals surface area contributed by atoms with Gasteiger partial charge in [-0.3, -0.25) is 10.1 Å². The van der Waals surface area contributed by atoms with Gasteiger partial charge in [0, 0.05) is 0 Å². The Labute approximate surface area is 106 Å². The highest BCUT2D eigenvalue weighted by molar-refractivity contribution is 7.88. The van der Waals surface area contributed by atoms with Crippen molar-refractivity contribution in [1.82, 2.24) is 19.9 Å². The van der Waals surface area contributed by atoms with Crippen molar-refractivity contribution in [3.8, 4) is 0 Å². The van der Waals surface area contributed by atoms with Gasteiger partial charge in [-0.05, 0) is 12.3 Å². The fourth-order valence-electron chi connectivity index (χ4n) is 1.41. The monoisotopic (exact) mass is 275 g/mol. The molecule has 1 aromatic heterocycles. The van der Waals surface area contributed by atoms with Crippen LogP contribution in [0.25, 0.3) is 0 Å². The lowest BCUT2D eigenvalue weighted by molar-refractivity contribution is -0.118. The van der Waals surface area contributed by atoms with E-state index in [1.165, 1.54) is 6.33 Å². The summed E-state index contributed by atoms with van der Waals surface area (Å²) in [6, 6.07) is -0.829. The van der Waals surface area contributed by atoms with E-state index < -0.39 is 22.0 Å². The Balaban J connectivity index is 2.72. The number of hydrogen-bond acceptors (Lipinski definition) is 5. The van der Waals surface area contributed by atoms with Crippen LogP contribution in [0.2, 0.25) is 0 Å². The molecular weight excluding hydrogens is 258 g/mol. The van der Waals surface area contributed by atoms with Crippen LogP contribution in [-0.2, 0) is 14.8 Å². The van der Waals surface area contributed by atoms with E-state index in [0.717, 1.165) is 6.26 Å². The summed E-state index contributed by atoms with van der Waals surface area (Å²) >= 11 is 0. The number of carbonyl (C=O) groups is 1. The summed E-state index contributed by atoms with van der Waals surface area (Å²) in [5, 5.41) is 8.50. The maximum atomic E-state index is 11.9. The van der Waals surface area contributed by atoms with Gasteiger partial charge in [-0.15, -0.1) is 0 Å². The number of H-pyrrole nitrogens is 1. The van der Waals surface area contributed by atoms with Gasteiger partial charge in [0.1, 0.15) is 12.4 Å². The lowest BCUT2D eigenvalue weighted by Gasteiger charge is -2.18. The van der Waals surface area contributed by atoms with Crippen molar-refractivity contribution >= 4 is 21.9 Å². The van der Waals surface area contributed by atoms with Crippen LogP contribution in [0, 0.1) is 5.92 Å². The predicted octanol–water partition coefficient (Wildman–Crippen LogP) is -0.293. The largest absolute Gasteiger partial charge is 0.294 e. The second-order valence-electron chi connectivity index (χ2n) is 4.40. The summed E-state index contributed by atoms with van der Waals surface area (Å²) in [6.07, 6.45) is 2.66. The van der Waals surface area contributed by atoms with Gasteiger partial charge in [-0.25, -0.2) is 18.2 Å². The Hall–Kier alpha value is -1.48. The van der Waals surface area contributed by atoms with Crippen LogP contribution in [0.3, 0.4) is 0 Å². The molecule has 0 radical (unpaired) electrons. The molecule has 0 bridgehead atoms. The molecule has 1 rings (SSSR count). The molecule has 3 N–H and O–H groups in total. The zero-order valence-corrected chi connectivity index (χ0v) is 11.3. The fourth-order valence-corrected chi connectivity index (χ4v) is 2.13. The van der Waals surface area contributed by atoms with Gasteiger partial charge in [0.15, 0.2) is 0 Å². The van der Waals surface area contributed by atoms with Crippen molar-refractivity contribution in [1.29, 1.82) is 0 Å². The molecule has 0 aliphatic heterocycles. The van der Waals surface area contributed by atoms with Gasteiger partial charge >= 0.3 is 0 Å². The van der Waals surface area contributed by atoms with E-state index in [2.05, 4.69) is 25.2 Å². The first kappa shape index (κ1) is 14.6. The molecule has 9 heteroatoms. The molecule has 1 heterocycles. The molecular formula is C9H17N5O3S. The van der Waals surface area contributed by atoms with Crippen LogP contribution >= 0.6 is 0 Å². The van der Waals surface area contributed by atoms with Crippen LogP contribution in [0.15, 0.2) is 6.33 Å². The van der Waals surface area contributed by atoms with Crippen molar-refractivity contribution in [3.05, 3.63) is 6.33 Å². The molecule has 1 atom stereocenters. The van der Waals surface area contributed by atoms with Crippen LogP contribution in [0.1, 0.15) is 20.3 Å². The van der Waals surface area contributed by atoms with Crippen molar-refractivity contribution in [2.75, 3.05) is 11.6 Å². The van der Waals surface area contributed by atoms with Crippen molar-refractivity contribution in [2.45, 2.75) is 26.3 Å². The second kappa shape index (κ2) is 5.91. The summed E-state index contributed by atoms with van der Waals surface area (Å²) in [5.74, 6) is -0.111. The number of aromatic amines is 1. The van der Waals surface area contributed by atoms with Crippen molar-refractivity contribution < 1.29 is 13.2 Å². The summed E-state index contributed by atoms with van der Waals surface area (Å²) in [7, 11) is -3.45. The normalized spacial score (nSPS) is 13.6. The summed E-state index contributed by atoms with van der Waals surface area (Å²) in [5.41, 5.74) is 0. The highest BCUT2D eigenvalue weighted by atomic mass is 32.2. The van der Waals surface area contributed by atoms with Gasteiger partial charge in [0.2, 0.25) is 21.9 Å². The van der Waals surface area contributed by atoms with E-state index in [1.54, 1.807) is 0 Å². The molecule has 8 nitrogen and oxygen atoms in total. The Morgan fingerprint density at radius 1 is 1.50 bits per heavy atom. The number of carbonyl (C=O) groups excluding carboxylic acids is 1. The number of nitrogens with one attached hydrogen (secondary N) is 3. The van der Waals surface area contributed by atoms with Crippen LogP contribution < -0.4 is 10.0 Å². The number of nitrogens with zero attached hydrogens (tertiary/aromatic N) is 2. The zero-order valence-electron chi connectivity index (χ0n) is 10.5. The topological polar surface area (TPSA) is 117 Å². The first-order valence-electron chi connectivity index (χ1n) is 5.41. The van der Waals surface area contributed by atoms with Gasteiger partial charge < -0.3 is 0 Å². The zero-order chi connectivity index (χ0) is 13.8. The predicted molar refractivity (Wildman–Crippen MR) is 66.2 cm³/mol. The summed E-state index contributed by atoms with van der Waals surface area (Å²) in [4.78, 5) is 15.6. The highest BCUT2D eigenvalue weighted by Gasteiger charge is 2.23. The van der Waals surface area contributed by atoms with Gasteiger partial charge in [0.05, 0.1) is 6.26 Å². The van der Waals surface area contributed by atoms with E-state index in [0.29, 0.717) is 6.42 Å². The highest BCUT2D eigenvalue weighted by Crippen LogP contribution is 2.07. The van der Waals surface area contributed by atoms with E-state index in [1.807, 2.05) is 13.8 Å². The lowest BCUT2D eigenvalue weighted by Crippen LogP contribution is -2.44. The maximum Gasteiger partial charge on any atom is 0.244 e. The average Bonchev–Trinajstić information content (AvgIpc) is 2.66. The molecule has 1 amide bonds. The molecule has 18 heavy (non-hydrogen) atoms. The first-order valence-corrected chi connectivity index (χ1v) is 7.30. The molecule has 0 aromatic carbocycles. The quantitative estimate of drug-likeness (QED) is 0.659. The molecule has 1 unspecified atom stereocenters. The third-order valence-electron chi connectivity index (χ3n) is 2.04. The van der Waals surface area contributed by atoms with E-state index >= 15 is 0 Å². The third-order valence-corrected chi connectivity index (χ3v) is 2.75. The molecule has 0 aliphatic carbocycles. The molecule has 0 saturated heterocycles.